The fourth-order valence-electron chi connectivity index (χ4n) is 1.55. The third kappa shape index (κ3) is 2.49. The van der Waals surface area contributed by atoms with Crippen LogP contribution in [-0.4, -0.2) is 5.91 Å². The zero-order valence-corrected chi connectivity index (χ0v) is 9.88. The molecule has 0 bridgehead atoms. The van der Waals surface area contributed by atoms with E-state index in [9.17, 15) is 4.79 Å². The molecule has 16 heavy (non-hydrogen) atoms. The van der Waals surface area contributed by atoms with Crippen LogP contribution in [0.3, 0.4) is 0 Å². The molecule has 0 fully saturated rings. The van der Waals surface area contributed by atoms with Gasteiger partial charge < -0.3 is 5.32 Å². The summed E-state index contributed by atoms with van der Waals surface area (Å²) in [6.45, 7) is 2.14. The van der Waals surface area contributed by atoms with Crippen molar-refractivity contribution in [3.8, 4) is 11.1 Å². The third-order valence-corrected chi connectivity index (χ3v) is 3.15. The Morgan fingerprint density at radius 3 is 2.69 bits per heavy atom. The Balaban J connectivity index is 2.23. The molecule has 1 N–H and O–H groups in total. The van der Waals surface area contributed by atoms with E-state index in [1.54, 1.807) is 11.3 Å². The molecule has 0 aliphatic heterocycles. The van der Waals surface area contributed by atoms with E-state index in [1.165, 1.54) is 23.6 Å². The molecule has 0 aliphatic rings. The molecule has 3 heteroatoms. The van der Waals surface area contributed by atoms with Crippen molar-refractivity contribution in [3.63, 3.8) is 0 Å². The summed E-state index contributed by atoms with van der Waals surface area (Å²) in [4.78, 5) is 10.9. The number of carbonyl (C=O) groups is 1. The van der Waals surface area contributed by atoms with Crippen molar-refractivity contribution in [1.29, 1.82) is 0 Å². The van der Waals surface area contributed by atoms with Gasteiger partial charge in [0.25, 0.3) is 0 Å². The van der Waals surface area contributed by atoms with Crippen LogP contribution >= 0.6 is 11.3 Å². The van der Waals surface area contributed by atoms with E-state index in [4.69, 9.17) is 0 Å². The van der Waals surface area contributed by atoms with Gasteiger partial charge in [0.15, 0.2) is 0 Å². The second kappa shape index (κ2) is 4.94. The molecule has 0 aliphatic carbocycles. The van der Waals surface area contributed by atoms with Gasteiger partial charge in [-0.25, -0.2) is 0 Å². The smallest absolute Gasteiger partial charge is 0.217 e. The van der Waals surface area contributed by atoms with Crippen LogP contribution in [0, 0.1) is 0 Å². The Hall–Kier alpha value is -1.61. The minimum Gasteiger partial charge on any atom is -0.352 e. The summed E-state index contributed by atoms with van der Waals surface area (Å²) in [6.07, 6.45) is 0. The van der Waals surface area contributed by atoms with Crippen LogP contribution in [0.15, 0.2) is 41.1 Å². The SMILES string of the molecule is CC(=O)NCc1cscc1-c1ccccc1. The standard InChI is InChI=1S/C13H13NOS/c1-10(15)14-7-12-8-16-9-13(12)11-5-3-2-4-6-11/h2-6,8-9H,7H2,1H3,(H,14,15). The van der Waals surface area contributed by atoms with Gasteiger partial charge in [0, 0.05) is 13.5 Å². The lowest BCUT2D eigenvalue weighted by atomic mass is 10.1. The molecule has 2 aromatic rings. The molecule has 0 spiro atoms. The maximum absolute atomic E-state index is 10.9. The van der Waals surface area contributed by atoms with Gasteiger partial charge in [-0.1, -0.05) is 30.3 Å². The zero-order valence-electron chi connectivity index (χ0n) is 9.07. The van der Waals surface area contributed by atoms with E-state index >= 15 is 0 Å². The summed E-state index contributed by atoms with van der Waals surface area (Å²) >= 11 is 1.66. The highest BCUT2D eigenvalue weighted by Crippen LogP contribution is 2.26. The van der Waals surface area contributed by atoms with Crippen molar-refractivity contribution in [3.05, 3.63) is 46.7 Å². The number of rotatable bonds is 3. The molecular weight excluding hydrogens is 218 g/mol. The fraction of sp³-hybridized carbons (Fsp3) is 0.154. The van der Waals surface area contributed by atoms with Crippen molar-refractivity contribution >= 4 is 17.2 Å². The summed E-state index contributed by atoms with van der Waals surface area (Å²) in [7, 11) is 0. The molecule has 0 atom stereocenters. The number of thiophene rings is 1. The number of amides is 1. The Labute approximate surface area is 98.9 Å². The highest BCUT2D eigenvalue weighted by atomic mass is 32.1. The number of hydrogen-bond donors (Lipinski definition) is 1. The Kier molecular flexibility index (Phi) is 3.37. The highest BCUT2D eigenvalue weighted by Gasteiger charge is 2.05. The average Bonchev–Trinajstić information content (AvgIpc) is 2.75. The lowest BCUT2D eigenvalue weighted by molar-refractivity contribution is -0.119. The summed E-state index contributed by atoms with van der Waals surface area (Å²) in [5.74, 6) is 0.00483. The monoisotopic (exact) mass is 231 g/mol. The highest BCUT2D eigenvalue weighted by molar-refractivity contribution is 7.08. The number of hydrogen-bond acceptors (Lipinski definition) is 2. The van der Waals surface area contributed by atoms with Crippen LogP contribution in [0.2, 0.25) is 0 Å². The maximum atomic E-state index is 10.9. The molecule has 0 radical (unpaired) electrons. The van der Waals surface area contributed by atoms with E-state index in [-0.39, 0.29) is 5.91 Å². The van der Waals surface area contributed by atoms with Crippen LogP contribution < -0.4 is 5.32 Å². The van der Waals surface area contributed by atoms with Crippen LogP contribution in [-0.2, 0) is 11.3 Å². The summed E-state index contributed by atoms with van der Waals surface area (Å²) in [5.41, 5.74) is 3.58. The second-order valence-corrected chi connectivity index (χ2v) is 4.33. The molecular formula is C13H13NOS. The molecule has 1 aromatic carbocycles. The summed E-state index contributed by atoms with van der Waals surface area (Å²) in [6, 6.07) is 10.2. The normalized spacial score (nSPS) is 10.1. The first-order chi connectivity index (χ1) is 7.77. The van der Waals surface area contributed by atoms with E-state index in [1.807, 2.05) is 18.2 Å². The predicted molar refractivity (Wildman–Crippen MR) is 67.3 cm³/mol. The molecule has 2 nitrogen and oxygen atoms in total. The van der Waals surface area contributed by atoms with E-state index in [0.29, 0.717) is 6.54 Å². The molecule has 82 valence electrons. The first-order valence-corrected chi connectivity index (χ1v) is 6.06. The molecule has 0 saturated carbocycles. The van der Waals surface area contributed by atoms with Crippen molar-refractivity contribution in [2.45, 2.75) is 13.5 Å². The summed E-state index contributed by atoms with van der Waals surface area (Å²) in [5, 5.41) is 7.02. The number of benzene rings is 1. The Bertz CT molecular complexity index is 476. The van der Waals surface area contributed by atoms with Crippen molar-refractivity contribution in [1.82, 2.24) is 5.32 Å². The van der Waals surface area contributed by atoms with Crippen molar-refractivity contribution in [2.24, 2.45) is 0 Å². The first-order valence-electron chi connectivity index (χ1n) is 5.12. The molecule has 1 amide bonds. The van der Waals surface area contributed by atoms with Crippen molar-refractivity contribution in [2.75, 3.05) is 0 Å². The largest absolute Gasteiger partial charge is 0.352 e. The van der Waals surface area contributed by atoms with Gasteiger partial charge in [-0.05, 0) is 27.5 Å². The van der Waals surface area contributed by atoms with Gasteiger partial charge in [-0.15, -0.1) is 0 Å². The van der Waals surface area contributed by atoms with Gasteiger partial charge in [0.2, 0.25) is 5.91 Å². The van der Waals surface area contributed by atoms with Crippen LogP contribution in [0.1, 0.15) is 12.5 Å². The second-order valence-electron chi connectivity index (χ2n) is 3.59. The number of nitrogens with one attached hydrogen (secondary N) is 1. The molecule has 0 unspecified atom stereocenters. The molecule has 1 heterocycles. The minimum absolute atomic E-state index is 0.00483. The van der Waals surface area contributed by atoms with Gasteiger partial charge in [-0.2, -0.15) is 11.3 Å². The average molecular weight is 231 g/mol. The van der Waals surface area contributed by atoms with E-state index in [2.05, 4.69) is 28.2 Å². The topological polar surface area (TPSA) is 29.1 Å². The van der Waals surface area contributed by atoms with E-state index in [0.717, 1.165) is 0 Å². The van der Waals surface area contributed by atoms with Crippen LogP contribution in [0.4, 0.5) is 0 Å². The Morgan fingerprint density at radius 2 is 2.00 bits per heavy atom. The maximum Gasteiger partial charge on any atom is 0.217 e. The molecule has 1 aromatic heterocycles. The summed E-state index contributed by atoms with van der Waals surface area (Å²) < 4.78 is 0. The van der Waals surface area contributed by atoms with Gasteiger partial charge in [0.05, 0.1) is 0 Å². The van der Waals surface area contributed by atoms with Gasteiger partial charge in [-0.3, -0.25) is 4.79 Å². The van der Waals surface area contributed by atoms with Gasteiger partial charge in [0.1, 0.15) is 0 Å². The lowest BCUT2D eigenvalue weighted by Gasteiger charge is -2.04. The van der Waals surface area contributed by atoms with Crippen molar-refractivity contribution < 1.29 is 4.79 Å². The predicted octanol–water partition coefficient (Wildman–Crippen LogP) is 3.05. The van der Waals surface area contributed by atoms with Crippen LogP contribution in [0.5, 0.6) is 0 Å². The Morgan fingerprint density at radius 1 is 1.25 bits per heavy atom. The third-order valence-electron chi connectivity index (χ3n) is 2.35. The fourth-order valence-corrected chi connectivity index (χ4v) is 2.42. The number of carbonyl (C=O) groups excluding carboxylic acids is 1. The van der Waals surface area contributed by atoms with Gasteiger partial charge >= 0.3 is 0 Å². The molecule has 0 saturated heterocycles. The minimum atomic E-state index is 0.00483. The molecule has 2 rings (SSSR count). The quantitative estimate of drug-likeness (QED) is 0.864. The van der Waals surface area contributed by atoms with E-state index < -0.39 is 0 Å². The zero-order chi connectivity index (χ0) is 11.4. The first kappa shape index (κ1) is 10.9. The van der Waals surface area contributed by atoms with Crippen LogP contribution in [0.25, 0.3) is 11.1 Å². The lowest BCUT2D eigenvalue weighted by Crippen LogP contribution is -2.18.